The molecule has 1 aromatic heterocycles. The molecule has 1 heterocycles. The summed E-state index contributed by atoms with van der Waals surface area (Å²) in [4.78, 5) is 12.4. The highest BCUT2D eigenvalue weighted by Gasteiger charge is 2.20. The normalized spacial score (nSPS) is 11.1. The number of aromatic nitrogens is 2. The van der Waals surface area contributed by atoms with Crippen LogP contribution in [0.1, 0.15) is 15.9 Å². The quantitative estimate of drug-likeness (QED) is 0.662. The zero-order valence-corrected chi connectivity index (χ0v) is 16.4. The Bertz CT molecular complexity index is 1120. The summed E-state index contributed by atoms with van der Waals surface area (Å²) in [7, 11) is -0.723. The van der Waals surface area contributed by atoms with Crippen LogP contribution < -0.4 is 14.8 Å². The molecule has 2 N–H and O–H groups in total. The van der Waals surface area contributed by atoms with Crippen molar-refractivity contribution in [1.82, 2.24) is 9.78 Å². The third-order valence-electron chi connectivity index (χ3n) is 4.05. The summed E-state index contributed by atoms with van der Waals surface area (Å²) in [6.45, 7) is 1.68. The van der Waals surface area contributed by atoms with E-state index in [2.05, 4.69) is 15.1 Å². The van der Waals surface area contributed by atoms with Crippen LogP contribution in [0.15, 0.2) is 59.8 Å². The van der Waals surface area contributed by atoms with Crippen molar-refractivity contribution in [3.8, 4) is 5.75 Å². The fourth-order valence-electron chi connectivity index (χ4n) is 2.64. The van der Waals surface area contributed by atoms with Crippen molar-refractivity contribution in [2.24, 2.45) is 7.05 Å². The van der Waals surface area contributed by atoms with Gasteiger partial charge in [-0.25, -0.2) is 8.42 Å². The first-order chi connectivity index (χ1) is 13.3. The molecular formula is C19H20N4O4S. The lowest BCUT2D eigenvalue weighted by atomic mass is 10.2. The second-order valence-corrected chi connectivity index (χ2v) is 7.79. The maximum Gasteiger partial charge on any atom is 0.262 e. The SMILES string of the molecule is COc1ccccc1NS(=O)(=O)c1cc(NC(=O)c2cnn(C)c2)ccc1C. The van der Waals surface area contributed by atoms with Crippen molar-refractivity contribution >= 4 is 27.3 Å². The van der Waals surface area contributed by atoms with Crippen LogP contribution in [-0.4, -0.2) is 31.2 Å². The molecule has 28 heavy (non-hydrogen) atoms. The van der Waals surface area contributed by atoms with E-state index in [4.69, 9.17) is 4.74 Å². The summed E-state index contributed by atoms with van der Waals surface area (Å²) in [6, 6.07) is 11.4. The van der Waals surface area contributed by atoms with E-state index >= 15 is 0 Å². The Labute approximate surface area is 163 Å². The molecule has 0 fully saturated rings. The van der Waals surface area contributed by atoms with Gasteiger partial charge < -0.3 is 10.1 Å². The van der Waals surface area contributed by atoms with E-state index in [-0.39, 0.29) is 10.8 Å². The predicted molar refractivity (Wildman–Crippen MR) is 106 cm³/mol. The van der Waals surface area contributed by atoms with E-state index < -0.39 is 10.0 Å². The molecular weight excluding hydrogens is 380 g/mol. The van der Waals surface area contributed by atoms with Crippen LogP contribution in [0.5, 0.6) is 5.75 Å². The number of carbonyl (C=O) groups is 1. The second kappa shape index (κ2) is 7.73. The zero-order chi connectivity index (χ0) is 20.3. The third-order valence-corrected chi connectivity index (χ3v) is 5.56. The van der Waals surface area contributed by atoms with Gasteiger partial charge in [-0.2, -0.15) is 5.10 Å². The fourth-order valence-corrected chi connectivity index (χ4v) is 3.98. The molecule has 0 saturated heterocycles. The minimum absolute atomic E-state index is 0.0578. The molecule has 3 aromatic rings. The lowest BCUT2D eigenvalue weighted by molar-refractivity contribution is 0.102. The highest BCUT2D eigenvalue weighted by molar-refractivity contribution is 7.92. The molecule has 8 nitrogen and oxygen atoms in total. The zero-order valence-electron chi connectivity index (χ0n) is 15.6. The molecule has 0 spiro atoms. The fraction of sp³-hybridized carbons (Fsp3) is 0.158. The summed E-state index contributed by atoms with van der Waals surface area (Å²) >= 11 is 0. The van der Waals surface area contributed by atoms with Gasteiger partial charge in [-0.3, -0.25) is 14.2 Å². The summed E-state index contributed by atoms with van der Waals surface area (Å²) in [5.74, 6) is 0.0303. The van der Waals surface area contributed by atoms with E-state index in [9.17, 15) is 13.2 Å². The van der Waals surface area contributed by atoms with Gasteiger partial charge in [-0.1, -0.05) is 18.2 Å². The number of benzene rings is 2. The monoisotopic (exact) mass is 400 g/mol. The van der Waals surface area contributed by atoms with Crippen molar-refractivity contribution in [2.45, 2.75) is 11.8 Å². The van der Waals surface area contributed by atoms with Crippen LogP contribution >= 0.6 is 0 Å². The Kier molecular flexibility index (Phi) is 5.36. The molecule has 0 radical (unpaired) electrons. The number of nitrogens with one attached hydrogen (secondary N) is 2. The molecule has 9 heteroatoms. The van der Waals surface area contributed by atoms with E-state index in [1.807, 2.05) is 0 Å². The van der Waals surface area contributed by atoms with Crippen molar-refractivity contribution in [3.63, 3.8) is 0 Å². The first-order valence-corrected chi connectivity index (χ1v) is 9.85. The molecule has 0 aliphatic heterocycles. The Hall–Kier alpha value is -3.33. The summed E-state index contributed by atoms with van der Waals surface area (Å²) < 4.78 is 35.1. The lowest BCUT2D eigenvalue weighted by Gasteiger charge is -2.14. The average molecular weight is 400 g/mol. The third kappa shape index (κ3) is 4.15. The summed E-state index contributed by atoms with van der Waals surface area (Å²) in [6.07, 6.45) is 3.01. The number of carbonyl (C=O) groups excluding carboxylic acids is 1. The van der Waals surface area contributed by atoms with E-state index in [0.717, 1.165) is 0 Å². The lowest BCUT2D eigenvalue weighted by Crippen LogP contribution is -2.16. The number of hydrogen-bond acceptors (Lipinski definition) is 5. The first-order valence-electron chi connectivity index (χ1n) is 8.36. The van der Waals surface area contributed by atoms with Gasteiger partial charge in [0.1, 0.15) is 5.75 Å². The number of para-hydroxylation sites is 2. The van der Waals surface area contributed by atoms with Crippen LogP contribution in [0, 0.1) is 6.92 Å². The van der Waals surface area contributed by atoms with Gasteiger partial charge in [-0.05, 0) is 36.8 Å². The Morgan fingerprint density at radius 3 is 2.61 bits per heavy atom. The van der Waals surface area contributed by atoms with Gasteiger partial charge in [0.15, 0.2) is 0 Å². The van der Waals surface area contributed by atoms with E-state index in [1.165, 1.54) is 24.1 Å². The molecule has 0 aliphatic carbocycles. The molecule has 0 atom stereocenters. The largest absolute Gasteiger partial charge is 0.495 e. The molecule has 3 rings (SSSR count). The number of methoxy groups -OCH3 is 1. The van der Waals surface area contributed by atoms with Crippen molar-refractivity contribution < 1.29 is 17.9 Å². The Morgan fingerprint density at radius 2 is 1.93 bits per heavy atom. The minimum Gasteiger partial charge on any atom is -0.495 e. The number of sulfonamides is 1. The van der Waals surface area contributed by atoms with Crippen LogP contribution in [0.2, 0.25) is 0 Å². The Morgan fingerprint density at radius 1 is 1.18 bits per heavy atom. The first kappa shape index (κ1) is 19.4. The van der Waals surface area contributed by atoms with Gasteiger partial charge in [0.2, 0.25) is 0 Å². The number of nitrogens with zero attached hydrogens (tertiary/aromatic N) is 2. The molecule has 1 amide bonds. The molecule has 0 saturated carbocycles. The standard InChI is InChI=1S/C19H20N4O4S/c1-13-8-9-15(21-19(24)14-11-20-23(2)12-14)10-18(13)28(25,26)22-16-6-4-5-7-17(16)27-3/h4-12,22H,1-3H3,(H,21,24). The number of rotatable bonds is 6. The van der Waals surface area contributed by atoms with Crippen molar-refractivity contribution in [3.05, 3.63) is 66.0 Å². The summed E-state index contributed by atoms with van der Waals surface area (Å²) in [5.41, 5.74) is 1.61. The Balaban J connectivity index is 1.89. The van der Waals surface area contributed by atoms with Crippen LogP contribution in [0.4, 0.5) is 11.4 Å². The van der Waals surface area contributed by atoms with E-state index in [1.54, 1.807) is 56.6 Å². The highest BCUT2D eigenvalue weighted by atomic mass is 32.2. The van der Waals surface area contributed by atoms with Gasteiger partial charge >= 0.3 is 0 Å². The topological polar surface area (TPSA) is 102 Å². The van der Waals surface area contributed by atoms with Gasteiger partial charge in [0.25, 0.3) is 15.9 Å². The van der Waals surface area contributed by atoms with E-state index in [0.29, 0.717) is 28.3 Å². The van der Waals surface area contributed by atoms with Crippen LogP contribution in [0.25, 0.3) is 0 Å². The summed E-state index contributed by atoms with van der Waals surface area (Å²) in [5, 5.41) is 6.64. The number of amides is 1. The van der Waals surface area contributed by atoms with Gasteiger partial charge in [0.05, 0.1) is 29.5 Å². The molecule has 0 aliphatic rings. The molecule has 146 valence electrons. The molecule has 0 unspecified atom stereocenters. The second-order valence-electron chi connectivity index (χ2n) is 6.14. The van der Waals surface area contributed by atoms with Crippen LogP contribution in [-0.2, 0) is 17.1 Å². The average Bonchev–Trinajstić information content (AvgIpc) is 3.10. The molecule has 0 bridgehead atoms. The van der Waals surface area contributed by atoms with Crippen LogP contribution in [0.3, 0.4) is 0 Å². The van der Waals surface area contributed by atoms with Crippen molar-refractivity contribution in [2.75, 3.05) is 17.1 Å². The predicted octanol–water partition coefficient (Wildman–Crippen LogP) is 2.79. The minimum atomic E-state index is -3.89. The number of ether oxygens (including phenoxy) is 1. The van der Waals surface area contributed by atoms with Gasteiger partial charge in [0, 0.05) is 18.9 Å². The number of hydrogen-bond donors (Lipinski definition) is 2. The van der Waals surface area contributed by atoms with Crippen molar-refractivity contribution in [1.29, 1.82) is 0 Å². The van der Waals surface area contributed by atoms with Gasteiger partial charge in [-0.15, -0.1) is 0 Å². The maximum atomic E-state index is 12.9. The maximum absolute atomic E-state index is 12.9. The number of anilines is 2. The number of aryl methyl sites for hydroxylation is 2. The molecule has 2 aromatic carbocycles. The smallest absolute Gasteiger partial charge is 0.262 e. The highest BCUT2D eigenvalue weighted by Crippen LogP contribution is 2.28.